The van der Waals surface area contributed by atoms with Crippen LogP contribution in [0, 0.1) is 12.8 Å². The Morgan fingerprint density at radius 1 is 1.50 bits per heavy atom. The average Bonchev–Trinajstić information content (AvgIpc) is 2.26. The molecular formula is C14H17BrClNO. The molecule has 18 heavy (non-hydrogen) atoms. The summed E-state index contributed by atoms with van der Waals surface area (Å²) in [5.74, 6) is 0.630. The quantitative estimate of drug-likeness (QED) is 0.771. The summed E-state index contributed by atoms with van der Waals surface area (Å²) in [6, 6.07) is 5.81. The Bertz CT molecular complexity index is 457. The maximum absolute atomic E-state index is 12.3. The normalized spacial score (nSPS) is 22.4. The zero-order valence-electron chi connectivity index (χ0n) is 10.6. The van der Waals surface area contributed by atoms with Crippen molar-refractivity contribution in [1.29, 1.82) is 0 Å². The van der Waals surface area contributed by atoms with Gasteiger partial charge in [-0.15, -0.1) is 11.6 Å². The Labute approximate surface area is 121 Å². The van der Waals surface area contributed by atoms with Gasteiger partial charge in [-0.25, -0.2) is 0 Å². The first-order valence-corrected chi connectivity index (χ1v) is 7.36. The van der Waals surface area contributed by atoms with E-state index in [4.69, 9.17) is 11.6 Å². The number of hydrogen-bond acceptors (Lipinski definition) is 1. The van der Waals surface area contributed by atoms with Gasteiger partial charge < -0.3 is 4.90 Å². The molecule has 2 nitrogen and oxygen atoms in total. The highest BCUT2D eigenvalue weighted by Crippen LogP contribution is 2.32. The number of rotatable bonds is 3. The zero-order valence-corrected chi connectivity index (χ0v) is 13.0. The number of alkyl halides is 1. The Balaban J connectivity index is 2.01. The maximum atomic E-state index is 12.3. The van der Waals surface area contributed by atoms with Crippen molar-refractivity contribution < 1.29 is 4.79 Å². The van der Waals surface area contributed by atoms with Gasteiger partial charge in [-0.05, 0) is 59.3 Å². The van der Waals surface area contributed by atoms with Crippen molar-refractivity contribution in [3.63, 3.8) is 0 Å². The van der Waals surface area contributed by atoms with Gasteiger partial charge in [0.2, 0.25) is 0 Å². The number of benzene rings is 1. The third-order valence-corrected chi connectivity index (χ3v) is 4.42. The second-order valence-corrected chi connectivity index (χ2v) is 6.58. The smallest absolute Gasteiger partial charge is 0.254 e. The molecular weight excluding hydrogens is 314 g/mol. The minimum absolute atomic E-state index is 0.0693. The van der Waals surface area contributed by atoms with Crippen LogP contribution in [0.2, 0.25) is 0 Å². The second-order valence-electron chi connectivity index (χ2n) is 5.10. The van der Waals surface area contributed by atoms with Gasteiger partial charge in [0, 0.05) is 23.4 Å². The predicted octanol–water partition coefficient (Wildman–Crippen LogP) is 3.85. The van der Waals surface area contributed by atoms with Crippen molar-refractivity contribution in [3.8, 4) is 0 Å². The highest BCUT2D eigenvalue weighted by molar-refractivity contribution is 9.10. The molecule has 0 radical (unpaired) electrons. The van der Waals surface area contributed by atoms with E-state index in [-0.39, 0.29) is 5.91 Å². The molecule has 1 fully saturated rings. The van der Waals surface area contributed by atoms with Crippen molar-refractivity contribution in [2.75, 3.05) is 13.6 Å². The average molecular weight is 331 g/mol. The van der Waals surface area contributed by atoms with E-state index in [1.54, 1.807) is 4.90 Å². The third kappa shape index (κ3) is 3.07. The molecule has 1 aromatic carbocycles. The maximum Gasteiger partial charge on any atom is 0.254 e. The summed E-state index contributed by atoms with van der Waals surface area (Å²) in [7, 11) is 1.86. The number of nitrogens with zero attached hydrogens (tertiary/aromatic N) is 1. The summed E-state index contributed by atoms with van der Waals surface area (Å²) in [6.45, 7) is 2.81. The molecule has 0 aliphatic heterocycles. The molecule has 1 aromatic rings. The van der Waals surface area contributed by atoms with Gasteiger partial charge in [-0.3, -0.25) is 4.79 Å². The second kappa shape index (κ2) is 5.62. The lowest BCUT2D eigenvalue weighted by atomic mass is 9.84. The minimum atomic E-state index is 0.0693. The lowest BCUT2D eigenvalue weighted by Crippen LogP contribution is -2.38. The molecule has 0 unspecified atom stereocenters. The predicted molar refractivity (Wildman–Crippen MR) is 78.2 cm³/mol. The van der Waals surface area contributed by atoms with Crippen molar-refractivity contribution in [1.82, 2.24) is 4.90 Å². The fourth-order valence-electron chi connectivity index (χ4n) is 2.27. The monoisotopic (exact) mass is 329 g/mol. The first kappa shape index (κ1) is 13.9. The first-order chi connectivity index (χ1) is 8.47. The van der Waals surface area contributed by atoms with Gasteiger partial charge >= 0.3 is 0 Å². The van der Waals surface area contributed by atoms with Gasteiger partial charge in [-0.2, -0.15) is 0 Å². The lowest BCUT2D eigenvalue weighted by molar-refractivity contribution is 0.0746. The SMILES string of the molecule is Cc1ccc(C(=O)N(C)CC2CC(Cl)C2)c(Br)c1. The molecule has 1 amide bonds. The van der Waals surface area contributed by atoms with E-state index >= 15 is 0 Å². The van der Waals surface area contributed by atoms with Gasteiger partial charge in [0.25, 0.3) is 5.91 Å². The van der Waals surface area contributed by atoms with Crippen molar-refractivity contribution in [2.24, 2.45) is 5.92 Å². The van der Waals surface area contributed by atoms with Crippen LogP contribution in [-0.2, 0) is 0 Å². The largest absolute Gasteiger partial charge is 0.341 e. The van der Waals surface area contributed by atoms with Crippen molar-refractivity contribution >= 4 is 33.4 Å². The van der Waals surface area contributed by atoms with E-state index in [1.807, 2.05) is 32.2 Å². The van der Waals surface area contributed by atoms with Gasteiger partial charge in [0.05, 0.1) is 5.56 Å². The standard InChI is InChI=1S/C14H17BrClNO/c1-9-3-4-12(13(15)5-9)14(18)17(2)8-10-6-11(16)7-10/h3-5,10-11H,6-8H2,1-2H3. The van der Waals surface area contributed by atoms with Crippen molar-refractivity contribution in [2.45, 2.75) is 25.1 Å². The van der Waals surface area contributed by atoms with E-state index in [1.165, 1.54) is 0 Å². The van der Waals surface area contributed by atoms with Gasteiger partial charge in [0.1, 0.15) is 0 Å². The van der Waals surface area contributed by atoms with Crippen LogP contribution >= 0.6 is 27.5 Å². The summed E-state index contributed by atoms with van der Waals surface area (Å²) in [5, 5.41) is 0.310. The summed E-state index contributed by atoms with van der Waals surface area (Å²) in [4.78, 5) is 14.1. The molecule has 98 valence electrons. The number of halogens is 2. The summed E-state index contributed by atoms with van der Waals surface area (Å²) < 4.78 is 0.864. The number of aryl methyl sites for hydroxylation is 1. The van der Waals surface area contributed by atoms with E-state index in [9.17, 15) is 4.79 Å². The van der Waals surface area contributed by atoms with Crippen LogP contribution in [0.25, 0.3) is 0 Å². The first-order valence-electron chi connectivity index (χ1n) is 6.13. The van der Waals surface area contributed by atoms with E-state index in [0.717, 1.165) is 35.0 Å². The lowest BCUT2D eigenvalue weighted by Gasteiger charge is -2.34. The molecule has 1 aliphatic rings. The van der Waals surface area contributed by atoms with Crippen LogP contribution < -0.4 is 0 Å². The van der Waals surface area contributed by atoms with Crippen LogP contribution in [-0.4, -0.2) is 29.8 Å². The Kier molecular flexibility index (Phi) is 4.33. The third-order valence-electron chi connectivity index (χ3n) is 3.41. The van der Waals surface area contributed by atoms with Crippen LogP contribution in [0.15, 0.2) is 22.7 Å². The van der Waals surface area contributed by atoms with Crippen LogP contribution in [0.1, 0.15) is 28.8 Å². The fourth-order valence-corrected chi connectivity index (χ4v) is 3.44. The van der Waals surface area contributed by atoms with Crippen LogP contribution in [0.5, 0.6) is 0 Å². The summed E-state index contributed by atoms with van der Waals surface area (Å²) in [6.07, 6.45) is 2.04. The number of hydrogen-bond donors (Lipinski definition) is 0. The molecule has 0 saturated heterocycles. The molecule has 4 heteroatoms. The number of carbonyl (C=O) groups excluding carboxylic acids is 1. The highest BCUT2D eigenvalue weighted by atomic mass is 79.9. The minimum Gasteiger partial charge on any atom is -0.341 e. The molecule has 0 atom stereocenters. The number of carbonyl (C=O) groups is 1. The van der Waals surface area contributed by atoms with Crippen molar-refractivity contribution in [3.05, 3.63) is 33.8 Å². The van der Waals surface area contributed by atoms with Gasteiger partial charge in [-0.1, -0.05) is 6.07 Å². The molecule has 1 saturated carbocycles. The Hall–Kier alpha value is -0.540. The van der Waals surface area contributed by atoms with Gasteiger partial charge in [0.15, 0.2) is 0 Å². The molecule has 0 spiro atoms. The van der Waals surface area contributed by atoms with Crippen LogP contribution in [0.3, 0.4) is 0 Å². The van der Waals surface area contributed by atoms with Crippen LogP contribution in [0.4, 0.5) is 0 Å². The molecule has 0 bridgehead atoms. The van der Waals surface area contributed by atoms with E-state index in [2.05, 4.69) is 15.9 Å². The fraction of sp³-hybridized carbons (Fsp3) is 0.500. The topological polar surface area (TPSA) is 20.3 Å². The molecule has 0 N–H and O–H groups in total. The summed E-state index contributed by atoms with van der Waals surface area (Å²) >= 11 is 9.41. The molecule has 0 heterocycles. The molecule has 2 rings (SSSR count). The summed E-state index contributed by atoms with van der Waals surface area (Å²) in [5.41, 5.74) is 1.87. The Morgan fingerprint density at radius 2 is 2.17 bits per heavy atom. The molecule has 0 aromatic heterocycles. The number of amides is 1. The van der Waals surface area contributed by atoms with E-state index in [0.29, 0.717) is 11.3 Å². The Morgan fingerprint density at radius 3 is 2.72 bits per heavy atom. The highest BCUT2D eigenvalue weighted by Gasteiger charge is 2.29. The van der Waals surface area contributed by atoms with E-state index < -0.39 is 0 Å². The molecule has 1 aliphatic carbocycles. The zero-order chi connectivity index (χ0) is 13.3.